The van der Waals surface area contributed by atoms with Crippen LogP contribution < -0.4 is 11.5 Å². The van der Waals surface area contributed by atoms with Crippen LogP contribution in [0.15, 0.2) is 0 Å². The second-order valence-corrected chi connectivity index (χ2v) is 1.60. The Morgan fingerprint density at radius 3 is 2.50 bits per heavy atom. The average molecular weight is 148 g/mol. The van der Waals surface area contributed by atoms with Gasteiger partial charge < -0.3 is 9.84 Å². The van der Waals surface area contributed by atoms with Gasteiger partial charge in [-0.25, -0.2) is 4.79 Å². The molecule has 0 aliphatic rings. The largest absolute Gasteiger partial charge is 0.421 e. The van der Waals surface area contributed by atoms with E-state index in [2.05, 4.69) is 4.74 Å². The van der Waals surface area contributed by atoms with Crippen molar-refractivity contribution in [2.45, 2.75) is 5.85 Å². The minimum atomic E-state index is -2.13. The number of esters is 1. The van der Waals surface area contributed by atoms with Crippen LogP contribution in [-0.2, 0) is 14.3 Å². The summed E-state index contributed by atoms with van der Waals surface area (Å²) < 4.78 is 4.03. The molecule has 0 bridgehead atoms. The molecule has 0 aromatic heterocycles. The van der Waals surface area contributed by atoms with E-state index < -0.39 is 18.4 Å². The highest BCUT2D eigenvalue weighted by atomic mass is 16.6. The number of aliphatic hydroxyl groups is 1. The molecule has 0 amide bonds. The van der Waals surface area contributed by atoms with Crippen molar-refractivity contribution >= 4 is 12.3 Å². The maximum atomic E-state index is 10.2. The molecule has 0 heterocycles. The molecule has 0 spiro atoms. The number of ether oxygens (including phenoxy) is 1. The predicted molar refractivity (Wildman–Crippen MR) is 30.3 cm³/mol. The van der Waals surface area contributed by atoms with Crippen molar-refractivity contribution in [1.82, 2.24) is 0 Å². The van der Waals surface area contributed by atoms with Gasteiger partial charge in [0.2, 0.25) is 0 Å². The summed E-state index contributed by atoms with van der Waals surface area (Å²) in [6.45, 7) is -0.857. The Kier molecular flexibility index (Phi) is 2.94. The van der Waals surface area contributed by atoms with Crippen LogP contribution in [0.5, 0.6) is 0 Å². The molecule has 0 unspecified atom stereocenters. The number of hydrogen-bond donors (Lipinski definition) is 3. The summed E-state index contributed by atoms with van der Waals surface area (Å²) in [5.74, 6) is -3.17. The second-order valence-electron chi connectivity index (χ2n) is 1.60. The van der Waals surface area contributed by atoms with Crippen molar-refractivity contribution in [3.8, 4) is 0 Å². The Morgan fingerprint density at radius 2 is 2.20 bits per heavy atom. The Balaban J connectivity index is 3.88. The highest BCUT2D eigenvalue weighted by Crippen LogP contribution is 1.88. The number of carbonyl (C=O) groups is 2. The molecule has 0 aromatic rings. The van der Waals surface area contributed by atoms with Gasteiger partial charge in [-0.1, -0.05) is 0 Å². The van der Waals surface area contributed by atoms with Crippen LogP contribution in [0.1, 0.15) is 0 Å². The first-order chi connectivity index (χ1) is 4.52. The first-order valence-corrected chi connectivity index (χ1v) is 2.38. The van der Waals surface area contributed by atoms with Crippen molar-refractivity contribution in [3.05, 3.63) is 0 Å². The van der Waals surface area contributed by atoms with Gasteiger partial charge in [-0.15, -0.1) is 0 Å². The molecule has 58 valence electrons. The number of rotatable bonds is 3. The van der Waals surface area contributed by atoms with E-state index in [0.29, 0.717) is 0 Å². The lowest BCUT2D eigenvalue weighted by atomic mass is 10.5. The summed E-state index contributed by atoms with van der Waals surface area (Å²) in [5, 5.41) is 8.09. The number of hydrogen-bond acceptors (Lipinski definition) is 6. The van der Waals surface area contributed by atoms with Crippen LogP contribution in [0.3, 0.4) is 0 Å². The number of nitrogens with two attached hydrogens (primary N) is 2. The smallest absolute Gasteiger partial charge is 0.334 e. The molecule has 0 fully saturated rings. The van der Waals surface area contributed by atoms with E-state index in [-0.39, 0.29) is 6.29 Å². The molecule has 0 atom stereocenters. The fourth-order valence-corrected chi connectivity index (χ4v) is 0.253. The zero-order chi connectivity index (χ0) is 8.20. The van der Waals surface area contributed by atoms with Gasteiger partial charge in [0.25, 0.3) is 5.85 Å². The lowest BCUT2D eigenvalue weighted by Crippen LogP contribution is -2.55. The fraction of sp³-hybridized carbons (Fsp3) is 0.500. The van der Waals surface area contributed by atoms with E-state index in [0.717, 1.165) is 0 Å². The third-order valence-corrected chi connectivity index (χ3v) is 0.604. The highest BCUT2D eigenvalue weighted by Gasteiger charge is 2.22. The standard InChI is InChI=1S/C4H8N2O4/c5-4(6,2-8)10-3(9)1-7/h2,7H,1,5-6H2. The predicted octanol–water partition coefficient (Wildman–Crippen LogP) is -2.71. The quantitative estimate of drug-likeness (QED) is 0.228. The fourth-order valence-electron chi connectivity index (χ4n) is 0.253. The van der Waals surface area contributed by atoms with Gasteiger partial charge in [0.1, 0.15) is 6.61 Å². The second kappa shape index (κ2) is 3.25. The summed E-state index contributed by atoms with van der Waals surface area (Å²) in [7, 11) is 0. The lowest BCUT2D eigenvalue weighted by molar-refractivity contribution is -0.164. The van der Waals surface area contributed by atoms with Crippen LogP contribution in [0.2, 0.25) is 0 Å². The van der Waals surface area contributed by atoms with E-state index in [1.165, 1.54) is 0 Å². The van der Waals surface area contributed by atoms with Crippen molar-refractivity contribution in [1.29, 1.82) is 0 Å². The number of aliphatic hydroxyl groups excluding tert-OH is 1. The number of carbonyl (C=O) groups excluding carboxylic acids is 2. The van der Waals surface area contributed by atoms with Crippen molar-refractivity contribution < 1.29 is 19.4 Å². The van der Waals surface area contributed by atoms with Gasteiger partial charge in [0.15, 0.2) is 6.29 Å². The van der Waals surface area contributed by atoms with Crippen molar-refractivity contribution in [2.24, 2.45) is 11.5 Å². The van der Waals surface area contributed by atoms with E-state index in [4.69, 9.17) is 16.6 Å². The first-order valence-electron chi connectivity index (χ1n) is 2.38. The van der Waals surface area contributed by atoms with Crippen LogP contribution in [0, 0.1) is 0 Å². The maximum absolute atomic E-state index is 10.2. The van der Waals surface area contributed by atoms with Gasteiger partial charge in [-0.3, -0.25) is 16.3 Å². The molecule has 0 saturated carbocycles. The minimum Gasteiger partial charge on any atom is -0.421 e. The molecule has 0 aliphatic carbocycles. The number of aldehydes is 1. The molecular weight excluding hydrogens is 140 g/mol. The van der Waals surface area contributed by atoms with Crippen LogP contribution in [0.25, 0.3) is 0 Å². The Labute approximate surface area is 56.7 Å². The molecule has 0 saturated heterocycles. The van der Waals surface area contributed by atoms with Crippen molar-refractivity contribution in [2.75, 3.05) is 6.61 Å². The van der Waals surface area contributed by atoms with Gasteiger partial charge in [0, 0.05) is 0 Å². The van der Waals surface area contributed by atoms with E-state index in [9.17, 15) is 9.59 Å². The summed E-state index contributed by atoms with van der Waals surface area (Å²) >= 11 is 0. The Morgan fingerprint density at radius 1 is 1.70 bits per heavy atom. The molecule has 10 heavy (non-hydrogen) atoms. The van der Waals surface area contributed by atoms with Crippen LogP contribution in [0.4, 0.5) is 0 Å². The molecule has 0 rings (SSSR count). The van der Waals surface area contributed by atoms with Crippen LogP contribution >= 0.6 is 0 Å². The first kappa shape index (κ1) is 9.02. The maximum Gasteiger partial charge on any atom is 0.334 e. The van der Waals surface area contributed by atoms with Gasteiger partial charge in [-0.2, -0.15) is 0 Å². The van der Waals surface area contributed by atoms with Crippen LogP contribution in [-0.4, -0.2) is 29.8 Å². The third kappa shape index (κ3) is 3.13. The van der Waals surface area contributed by atoms with E-state index in [1.54, 1.807) is 0 Å². The third-order valence-electron chi connectivity index (χ3n) is 0.604. The molecule has 6 nitrogen and oxygen atoms in total. The van der Waals surface area contributed by atoms with Gasteiger partial charge in [-0.05, 0) is 0 Å². The highest BCUT2D eigenvalue weighted by molar-refractivity contribution is 5.74. The van der Waals surface area contributed by atoms with E-state index >= 15 is 0 Å². The zero-order valence-corrected chi connectivity index (χ0v) is 5.11. The molecule has 0 radical (unpaired) electrons. The monoisotopic (exact) mass is 148 g/mol. The Bertz CT molecular complexity index is 144. The van der Waals surface area contributed by atoms with Gasteiger partial charge in [0.05, 0.1) is 0 Å². The molecule has 5 N–H and O–H groups in total. The summed E-state index contributed by atoms with van der Waals surface area (Å²) in [4.78, 5) is 20.1. The normalized spacial score (nSPS) is 10.7. The average Bonchev–Trinajstić information content (AvgIpc) is 1.87. The molecule has 0 aliphatic heterocycles. The zero-order valence-electron chi connectivity index (χ0n) is 5.11. The molecule has 0 aromatic carbocycles. The molecular formula is C4H8N2O4. The molecule has 6 heteroatoms. The summed E-state index contributed by atoms with van der Waals surface area (Å²) in [6.07, 6.45) is 0.0561. The topological polar surface area (TPSA) is 116 Å². The lowest BCUT2D eigenvalue weighted by Gasteiger charge is -2.15. The Hall–Kier alpha value is -0.980. The SMILES string of the molecule is NC(N)(C=O)OC(=O)CO. The summed E-state index contributed by atoms with van der Waals surface area (Å²) in [6, 6.07) is 0. The van der Waals surface area contributed by atoms with Gasteiger partial charge >= 0.3 is 5.97 Å². The van der Waals surface area contributed by atoms with Crippen molar-refractivity contribution in [3.63, 3.8) is 0 Å². The minimum absolute atomic E-state index is 0.0561. The summed E-state index contributed by atoms with van der Waals surface area (Å²) in [5.41, 5.74) is 9.70. The van der Waals surface area contributed by atoms with E-state index in [1.807, 2.05) is 0 Å².